The Morgan fingerprint density at radius 3 is 2.83 bits per heavy atom. The summed E-state index contributed by atoms with van der Waals surface area (Å²) >= 11 is 0. The van der Waals surface area contributed by atoms with Crippen molar-refractivity contribution in [1.29, 1.82) is 0 Å². The van der Waals surface area contributed by atoms with Crippen molar-refractivity contribution < 1.29 is 0 Å². The van der Waals surface area contributed by atoms with Crippen LogP contribution in [0.25, 0.3) is 0 Å². The minimum absolute atomic E-state index is 0.0632. The third kappa shape index (κ3) is 1.92. The van der Waals surface area contributed by atoms with E-state index in [-0.39, 0.29) is 6.04 Å². The topological polar surface area (TPSA) is 38.9 Å². The summed E-state index contributed by atoms with van der Waals surface area (Å²) in [7, 11) is 0. The minimum atomic E-state index is -0.0632. The molecule has 1 rings (SSSR count). The van der Waals surface area contributed by atoms with E-state index in [1.54, 1.807) is 6.20 Å². The molecule has 0 saturated heterocycles. The van der Waals surface area contributed by atoms with E-state index < -0.39 is 0 Å². The van der Waals surface area contributed by atoms with Gasteiger partial charge in [0.25, 0.3) is 0 Å². The maximum Gasteiger partial charge on any atom is 0.0506 e. The van der Waals surface area contributed by atoms with Crippen molar-refractivity contribution in [3.8, 4) is 0 Å². The Bertz CT molecular complexity index is 292. The predicted octanol–water partition coefficient (Wildman–Crippen LogP) is 1.97. The van der Waals surface area contributed by atoms with Crippen molar-refractivity contribution in [2.75, 3.05) is 0 Å². The van der Waals surface area contributed by atoms with Crippen LogP contribution in [-0.2, 0) is 0 Å². The number of aryl methyl sites for hydroxylation is 1. The largest absolute Gasteiger partial charge is 0.321 e. The fraction of sp³-hybridized carbons (Fsp3) is 0.300. The third-order valence-corrected chi connectivity index (χ3v) is 1.81. The Morgan fingerprint density at radius 2 is 2.33 bits per heavy atom. The van der Waals surface area contributed by atoms with Crippen LogP contribution in [-0.4, -0.2) is 4.98 Å². The highest BCUT2D eigenvalue weighted by molar-refractivity contribution is 5.25. The Labute approximate surface area is 73.1 Å². The quantitative estimate of drug-likeness (QED) is 0.675. The van der Waals surface area contributed by atoms with Gasteiger partial charge in [0.05, 0.1) is 6.04 Å². The lowest BCUT2D eigenvalue weighted by Gasteiger charge is -2.11. The summed E-state index contributed by atoms with van der Waals surface area (Å²) in [6.45, 7) is 7.70. The highest BCUT2D eigenvalue weighted by Crippen LogP contribution is 2.16. The number of pyridine rings is 1. The minimum Gasteiger partial charge on any atom is -0.321 e. The molecule has 0 aliphatic carbocycles. The molecule has 1 atom stereocenters. The average Bonchev–Trinajstić information content (AvgIpc) is 2.03. The highest BCUT2D eigenvalue weighted by atomic mass is 14.7. The average molecular weight is 162 g/mol. The fourth-order valence-electron chi connectivity index (χ4n) is 1.05. The smallest absolute Gasteiger partial charge is 0.0506 e. The van der Waals surface area contributed by atoms with E-state index in [2.05, 4.69) is 11.6 Å². The lowest BCUT2D eigenvalue weighted by Crippen LogP contribution is -2.11. The van der Waals surface area contributed by atoms with Gasteiger partial charge in [-0.15, -0.1) is 0 Å². The van der Waals surface area contributed by atoms with Gasteiger partial charge in [-0.2, -0.15) is 0 Å². The number of hydrogen-bond donors (Lipinski definition) is 1. The summed E-state index contributed by atoms with van der Waals surface area (Å²) in [5.41, 5.74) is 8.92. The molecule has 0 spiro atoms. The van der Waals surface area contributed by atoms with Crippen molar-refractivity contribution in [2.45, 2.75) is 19.9 Å². The molecule has 1 aromatic heterocycles. The summed E-state index contributed by atoms with van der Waals surface area (Å²) in [5, 5.41) is 0. The lowest BCUT2D eigenvalue weighted by atomic mass is 10.0. The molecule has 64 valence electrons. The van der Waals surface area contributed by atoms with Gasteiger partial charge in [0.15, 0.2) is 0 Å². The van der Waals surface area contributed by atoms with Crippen LogP contribution in [0.4, 0.5) is 0 Å². The number of aromatic nitrogens is 1. The fourth-order valence-corrected chi connectivity index (χ4v) is 1.05. The van der Waals surface area contributed by atoms with Crippen LogP contribution >= 0.6 is 0 Å². The van der Waals surface area contributed by atoms with Gasteiger partial charge in [-0.25, -0.2) is 0 Å². The maximum atomic E-state index is 5.88. The van der Waals surface area contributed by atoms with Gasteiger partial charge in [0.2, 0.25) is 0 Å². The third-order valence-electron chi connectivity index (χ3n) is 1.81. The first-order chi connectivity index (χ1) is 5.61. The van der Waals surface area contributed by atoms with Crippen molar-refractivity contribution >= 4 is 0 Å². The van der Waals surface area contributed by atoms with E-state index in [0.717, 1.165) is 16.8 Å². The molecular formula is C10H14N2. The standard InChI is InChI=1S/C10H14N2/c1-7(2)10(11)9-4-5-12-8(3)6-9/h4-6,10H,1,11H2,2-3H3. The number of nitrogens with zero attached hydrogens (tertiary/aromatic N) is 1. The zero-order valence-corrected chi connectivity index (χ0v) is 7.54. The highest BCUT2D eigenvalue weighted by Gasteiger charge is 2.05. The SMILES string of the molecule is C=C(C)C(N)c1ccnc(C)c1. The van der Waals surface area contributed by atoms with Crippen molar-refractivity contribution in [3.05, 3.63) is 41.7 Å². The van der Waals surface area contributed by atoms with Crippen LogP contribution in [0.3, 0.4) is 0 Å². The Kier molecular flexibility index (Phi) is 2.61. The lowest BCUT2D eigenvalue weighted by molar-refractivity contribution is 0.844. The zero-order valence-electron chi connectivity index (χ0n) is 7.54. The van der Waals surface area contributed by atoms with Crippen LogP contribution in [0.15, 0.2) is 30.5 Å². The molecule has 0 fully saturated rings. The van der Waals surface area contributed by atoms with Gasteiger partial charge in [0, 0.05) is 11.9 Å². The molecule has 0 aliphatic rings. The van der Waals surface area contributed by atoms with Gasteiger partial charge in [-0.3, -0.25) is 4.98 Å². The predicted molar refractivity (Wildman–Crippen MR) is 50.7 cm³/mol. The summed E-state index contributed by atoms with van der Waals surface area (Å²) in [4.78, 5) is 4.10. The van der Waals surface area contributed by atoms with E-state index in [1.165, 1.54) is 0 Å². The number of rotatable bonds is 2. The molecule has 12 heavy (non-hydrogen) atoms. The second-order valence-electron chi connectivity index (χ2n) is 3.05. The van der Waals surface area contributed by atoms with Crippen molar-refractivity contribution in [2.24, 2.45) is 5.73 Å². The maximum absolute atomic E-state index is 5.88. The molecule has 0 amide bonds. The Hall–Kier alpha value is -1.15. The summed E-state index contributed by atoms with van der Waals surface area (Å²) in [5.74, 6) is 0. The molecular weight excluding hydrogens is 148 g/mol. The first kappa shape index (κ1) is 8.94. The second-order valence-corrected chi connectivity index (χ2v) is 3.05. The van der Waals surface area contributed by atoms with Gasteiger partial charge < -0.3 is 5.73 Å². The van der Waals surface area contributed by atoms with Crippen molar-refractivity contribution in [3.63, 3.8) is 0 Å². The molecule has 0 saturated carbocycles. The van der Waals surface area contributed by atoms with E-state index in [1.807, 2.05) is 26.0 Å². The van der Waals surface area contributed by atoms with Gasteiger partial charge in [-0.05, 0) is 31.5 Å². The first-order valence-electron chi connectivity index (χ1n) is 3.95. The van der Waals surface area contributed by atoms with Gasteiger partial charge >= 0.3 is 0 Å². The van der Waals surface area contributed by atoms with E-state index in [0.29, 0.717) is 0 Å². The molecule has 1 heterocycles. The van der Waals surface area contributed by atoms with Crippen LogP contribution in [0.1, 0.15) is 24.2 Å². The van der Waals surface area contributed by atoms with Gasteiger partial charge in [0.1, 0.15) is 0 Å². The van der Waals surface area contributed by atoms with Crippen LogP contribution in [0.5, 0.6) is 0 Å². The summed E-state index contributed by atoms with van der Waals surface area (Å²) < 4.78 is 0. The van der Waals surface area contributed by atoms with E-state index >= 15 is 0 Å². The first-order valence-corrected chi connectivity index (χ1v) is 3.95. The molecule has 2 N–H and O–H groups in total. The summed E-state index contributed by atoms with van der Waals surface area (Å²) in [6, 6.07) is 3.85. The Morgan fingerprint density at radius 1 is 1.67 bits per heavy atom. The van der Waals surface area contributed by atoms with Gasteiger partial charge in [-0.1, -0.05) is 12.2 Å². The molecule has 1 aromatic rings. The molecule has 1 unspecified atom stereocenters. The molecule has 0 aromatic carbocycles. The van der Waals surface area contributed by atoms with E-state index in [9.17, 15) is 0 Å². The molecule has 0 radical (unpaired) electrons. The van der Waals surface area contributed by atoms with Crippen molar-refractivity contribution in [1.82, 2.24) is 4.98 Å². The van der Waals surface area contributed by atoms with Crippen LogP contribution in [0, 0.1) is 6.92 Å². The number of nitrogens with two attached hydrogens (primary N) is 1. The monoisotopic (exact) mass is 162 g/mol. The molecule has 2 nitrogen and oxygen atoms in total. The molecule has 2 heteroatoms. The Balaban J connectivity index is 2.95. The molecule has 0 bridgehead atoms. The summed E-state index contributed by atoms with van der Waals surface area (Å²) in [6.07, 6.45) is 1.77. The van der Waals surface area contributed by atoms with E-state index in [4.69, 9.17) is 5.73 Å². The van der Waals surface area contributed by atoms with Crippen LogP contribution < -0.4 is 5.73 Å². The number of hydrogen-bond acceptors (Lipinski definition) is 2. The second kappa shape index (κ2) is 3.50. The van der Waals surface area contributed by atoms with Crippen LogP contribution in [0.2, 0.25) is 0 Å². The normalized spacial score (nSPS) is 12.6. The zero-order chi connectivity index (χ0) is 9.14. The molecule has 0 aliphatic heterocycles.